The fourth-order valence-electron chi connectivity index (χ4n) is 1.08. The monoisotopic (exact) mass is 233 g/mol. The smallest absolute Gasteiger partial charge is 0.267 e. The largest absolute Gasteiger partial charge is 0.337 e. The zero-order chi connectivity index (χ0) is 10.6. The van der Waals surface area contributed by atoms with Gasteiger partial charge in [-0.1, -0.05) is 4.49 Å². The highest BCUT2D eigenvalue weighted by atomic mass is 35.5. The summed E-state index contributed by atoms with van der Waals surface area (Å²) < 4.78 is 3.73. The minimum Gasteiger partial charge on any atom is -0.337 e. The highest BCUT2D eigenvalue weighted by Gasteiger charge is 2.18. The molecule has 6 heteroatoms. The van der Waals surface area contributed by atoms with Gasteiger partial charge < -0.3 is 4.90 Å². The third kappa shape index (κ3) is 2.42. The van der Waals surface area contributed by atoms with Gasteiger partial charge in [-0.2, -0.15) is 0 Å². The van der Waals surface area contributed by atoms with E-state index in [0.717, 1.165) is 11.5 Å². The van der Waals surface area contributed by atoms with Gasteiger partial charge in [0.15, 0.2) is 0 Å². The Hall–Kier alpha value is -0.680. The lowest BCUT2D eigenvalue weighted by Crippen LogP contribution is -2.32. The van der Waals surface area contributed by atoms with Crippen molar-refractivity contribution in [3.8, 4) is 0 Å². The zero-order valence-corrected chi connectivity index (χ0v) is 9.73. The van der Waals surface area contributed by atoms with Gasteiger partial charge in [0, 0.05) is 19.0 Å². The molecule has 0 spiro atoms. The minimum atomic E-state index is -0.0272. The zero-order valence-electron chi connectivity index (χ0n) is 8.16. The summed E-state index contributed by atoms with van der Waals surface area (Å²) in [5, 5.41) is 3.80. The van der Waals surface area contributed by atoms with Gasteiger partial charge in [-0.3, -0.25) is 4.79 Å². The van der Waals surface area contributed by atoms with Gasteiger partial charge in [0.05, 0.1) is 5.69 Å². The maximum atomic E-state index is 11.8. The van der Waals surface area contributed by atoms with Gasteiger partial charge in [-0.05, 0) is 25.4 Å². The molecule has 0 aromatic carbocycles. The molecule has 4 nitrogen and oxygen atoms in total. The van der Waals surface area contributed by atoms with Gasteiger partial charge in [0.2, 0.25) is 0 Å². The second-order valence-corrected chi connectivity index (χ2v) is 3.89. The Bertz CT molecular complexity index is 315. The van der Waals surface area contributed by atoms with Crippen molar-refractivity contribution in [3.63, 3.8) is 0 Å². The predicted octanol–water partition coefficient (Wildman–Crippen LogP) is 1.55. The van der Waals surface area contributed by atoms with Crippen LogP contribution in [0.5, 0.6) is 0 Å². The van der Waals surface area contributed by atoms with E-state index in [2.05, 4.69) is 9.59 Å². The van der Waals surface area contributed by atoms with E-state index in [1.807, 2.05) is 6.92 Å². The van der Waals surface area contributed by atoms with Gasteiger partial charge >= 0.3 is 0 Å². The maximum absolute atomic E-state index is 11.8. The van der Waals surface area contributed by atoms with Crippen LogP contribution in [0.4, 0.5) is 0 Å². The molecule has 1 aromatic heterocycles. The summed E-state index contributed by atoms with van der Waals surface area (Å²) in [5.41, 5.74) is 0.688. The number of alkyl halides is 1. The lowest BCUT2D eigenvalue weighted by Gasteiger charge is -2.18. The van der Waals surface area contributed by atoms with E-state index in [4.69, 9.17) is 11.6 Å². The molecule has 0 saturated carbocycles. The normalized spacial score (nSPS) is 10.2. The van der Waals surface area contributed by atoms with Crippen LogP contribution in [0.15, 0.2) is 0 Å². The molecule has 1 amide bonds. The average Bonchev–Trinajstić information content (AvgIpc) is 2.59. The van der Waals surface area contributed by atoms with E-state index in [1.54, 1.807) is 11.8 Å². The number of amides is 1. The summed E-state index contributed by atoms with van der Waals surface area (Å²) in [5.74, 6) is 0.422. The molecule has 0 aliphatic heterocycles. The SMILES string of the molecule is CCN(CCCl)C(=O)c1snnc1C. The van der Waals surface area contributed by atoms with Crippen LogP contribution >= 0.6 is 23.1 Å². The molecule has 0 bridgehead atoms. The Morgan fingerprint density at radius 1 is 1.64 bits per heavy atom. The molecule has 0 radical (unpaired) electrons. The van der Waals surface area contributed by atoms with E-state index in [0.29, 0.717) is 29.5 Å². The Morgan fingerprint density at radius 2 is 2.36 bits per heavy atom. The number of aromatic nitrogens is 2. The quantitative estimate of drug-likeness (QED) is 0.742. The summed E-state index contributed by atoms with van der Waals surface area (Å²) in [7, 11) is 0. The predicted molar refractivity (Wildman–Crippen MR) is 56.9 cm³/mol. The first kappa shape index (κ1) is 11.4. The summed E-state index contributed by atoms with van der Waals surface area (Å²) in [6.07, 6.45) is 0. The molecule has 14 heavy (non-hydrogen) atoms. The van der Waals surface area contributed by atoms with Crippen molar-refractivity contribution in [3.05, 3.63) is 10.6 Å². The number of carbonyl (C=O) groups excluding carboxylic acids is 1. The molecule has 0 saturated heterocycles. The lowest BCUT2D eigenvalue weighted by atomic mass is 10.3. The Labute approximate surface area is 92.0 Å². The summed E-state index contributed by atoms with van der Waals surface area (Å²) >= 11 is 6.73. The molecule has 0 N–H and O–H groups in total. The van der Waals surface area contributed by atoms with Crippen LogP contribution in [0.1, 0.15) is 22.3 Å². The van der Waals surface area contributed by atoms with Crippen molar-refractivity contribution >= 4 is 29.0 Å². The molecule has 0 unspecified atom stereocenters. The Kier molecular flexibility index (Phi) is 4.28. The van der Waals surface area contributed by atoms with Crippen molar-refractivity contribution in [1.29, 1.82) is 0 Å². The van der Waals surface area contributed by atoms with E-state index in [-0.39, 0.29) is 5.91 Å². The van der Waals surface area contributed by atoms with Crippen molar-refractivity contribution in [2.24, 2.45) is 0 Å². The fourth-order valence-corrected chi connectivity index (χ4v) is 1.91. The first-order valence-corrected chi connectivity index (χ1v) is 5.65. The van der Waals surface area contributed by atoms with Gasteiger partial charge in [-0.15, -0.1) is 16.7 Å². The van der Waals surface area contributed by atoms with Crippen LogP contribution < -0.4 is 0 Å². The molecular formula is C8H12ClN3OS. The number of aryl methyl sites for hydroxylation is 1. The maximum Gasteiger partial charge on any atom is 0.267 e. The molecular weight excluding hydrogens is 222 g/mol. The number of halogens is 1. The molecule has 78 valence electrons. The van der Waals surface area contributed by atoms with E-state index in [9.17, 15) is 4.79 Å². The van der Waals surface area contributed by atoms with Crippen molar-refractivity contribution < 1.29 is 4.79 Å². The third-order valence-corrected chi connectivity index (χ3v) is 2.85. The van der Waals surface area contributed by atoms with Crippen LogP contribution in [0, 0.1) is 6.92 Å². The summed E-state index contributed by atoms with van der Waals surface area (Å²) in [4.78, 5) is 14.1. The molecule has 0 fully saturated rings. The van der Waals surface area contributed by atoms with Crippen LogP contribution in [0.3, 0.4) is 0 Å². The van der Waals surface area contributed by atoms with Crippen LogP contribution in [0.25, 0.3) is 0 Å². The number of rotatable bonds is 4. The van der Waals surface area contributed by atoms with E-state index in [1.165, 1.54) is 0 Å². The van der Waals surface area contributed by atoms with Crippen molar-refractivity contribution in [2.45, 2.75) is 13.8 Å². The summed E-state index contributed by atoms with van der Waals surface area (Å²) in [6, 6.07) is 0. The average molecular weight is 234 g/mol. The highest BCUT2D eigenvalue weighted by molar-refractivity contribution is 7.07. The fraction of sp³-hybridized carbons (Fsp3) is 0.625. The van der Waals surface area contributed by atoms with Crippen LogP contribution in [0.2, 0.25) is 0 Å². The summed E-state index contributed by atoms with van der Waals surface area (Å²) in [6.45, 7) is 4.93. The third-order valence-electron chi connectivity index (χ3n) is 1.87. The topological polar surface area (TPSA) is 46.1 Å². The first-order valence-electron chi connectivity index (χ1n) is 4.34. The molecule has 0 atom stereocenters. The molecule has 1 rings (SSSR count). The van der Waals surface area contributed by atoms with Gasteiger partial charge in [-0.25, -0.2) is 0 Å². The molecule has 0 aliphatic carbocycles. The van der Waals surface area contributed by atoms with Gasteiger partial charge in [0.25, 0.3) is 5.91 Å². The number of carbonyl (C=O) groups is 1. The highest BCUT2D eigenvalue weighted by Crippen LogP contribution is 2.12. The molecule has 1 heterocycles. The van der Waals surface area contributed by atoms with Crippen molar-refractivity contribution in [1.82, 2.24) is 14.5 Å². The first-order chi connectivity index (χ1) is 6.70. The molecule has 0 aliphatic rings. The Balaban J connectivity index is 2.78. The standard InChI is InChI=1S/C8H12ClN3OS/c1-3-12(5-4-9)8(13)7-6(2)10-11-14-7/h3-5H2,1-2H3. The Morgan fingerprint density at radius 3 is 2.79 bits per heavy atom. The number of nitrogens with zero attached hydrogens (tertiary/aromatic N) is 3. The lowest BCUT2D eigenvalue weighted by molar-refractivity contribution is 0.0778. The minimum absolute atomic E-state index is 0.0272. The second kappa shape index (κ2) is 5.26. The van der Waals surface area contributed by atoms with E-state index >= 15 is 0 Å². The van der Waals surface area contributed by atoms with E-state index < -0.39 is 0 Å². The van der Waals surface area contributed by atoms with Crippen molar-refractivity contribution in [2.75, 3.05) is 19.0 Å². The number of hydrogen-bond acceptors (Lipinski definition) is 4. The number of hydrogen-bond donors (Lipinski definition) is 0. The van der Waals surface area contributed by atoms with Crippen LogP contribution in [-0.4, -0.2) is 39.4 Å². The molecule has 1 aromatic rings. The van der Waals surface area contributed by atoms with Crippen LogP contribution in [-0.2, 0) is 0 Å². The van der Waals surface area contributed by atoms with Gasteiger partial charge in [0.1, 0.15) is 4.88 Å². The second-order valence-electron chi connectivity index (χ2n) is 2.76.